The van der Waals surface area contributed by atoms with Gasteiger partial charge in [0.2, 0.25) is 0 Å². The van der Waals surface area contributed by atoms with Crippen LogP contribution in [-0.4, -0.2) is 9.97 Å². The molecule has 3 nitrogen and oxygen atoms in total. The van der Waals surface area contributed by atoms with E-state index in [4.69, 9.17) is 5.73 Å². The summed E-state index contributed by atoms with van der Waals surface area (Å²) < 4.78 is 0. The quantitative estimate of drug-likeness (QED) is 0.728. The van der Waals surface area contributed by atoms with Crippen LogP contribution in [0.2, 0.25) is 0 Å². The lowest BCUT2D eigenvalue weighted by Crippen LogP contribution is -1.85. The van der Waals surface area contributed by atoms with Crippen molar-refractivity contribution in [2.45, 2.75) is 6.92 Å². The summed E-state index contributed by atoms with van der Waals surface area (Å²) in [6.45, 7) is 1.98. The largest absolute Gasteiger partial charge is 0.369 e. The normalized spacial score (nSPS) is 10.6. The molecule has 3 heteroatoms. The highest BCUT2D eigenvalue weighted by Crippen LogP contribution is 2.25. The van der Waals surface area contributed by atoms with Gasteiger partial charge in [-0.2, -0.15) is 0 Å². The van der Waals surface area contributed by atoms with Gasteiger partial charge in [0, 0.05) is 11.3 Å². The molecule has 19 heavy (non-hydrogen) atoms. The number of imidazole rings is 1. The molecule has 1 aromatic heterocycles. The Morgan fingerprint density at radius 3 is 2.00 bits per heavy atom. The fraction of sp³-hybridized carbons (Fsp3) is 0.0625. The van der Waals surface area contributed by atoms with Gasteiger partial charge in [-0.25, -0.2) is 4.98 Å². The molecule has 0 atom stereocenters. The van der Waals surface area contributed by atoms with Crippen molar-refractivity contribution in [3.05, 3.63) is 60.3 Å². The highest BCUT2D eigenvalue weighted by atomic mass is 15.0. The van der Waals surface area contributed by atoms with Gasteiger partial charge in [0.25, 0.3) is 0 Å². The number of H-pyrrole nitrogens is 1. The molecule has 0 spiro atoms. The molecule has 0 saturated carbocycles. The minimum Gasteiger partial charge on any atom is -0.369 e. The third-order valence-corrected chi connectivity index (χ3v) is 3.17. The molecule has 0 aliphatic rings. The van der Waals surface area contributed by atoms with E-state index in [0.717, 1.165) is 17.0 Å². The Morgan fingerprint density at radius 1 is 0.842 bits per heavy atom. The molecule has 1 heterocycles. The van der Waals surface area contributed by atoms with Crippen molar-refractivity contribution in [2.75, 3.05) is 5.73 Å². The van der Waals surface area contributed by atoms with Crippen molar-refractivity contribution < 1.29 is 0 Å². The van der Waals surface area contributed by atoms with E-state index in [-0.39, 0.29) is 0 Å². The van der Waals surface area contributed by atoms with E-state index in [9.17, 15) is 0 Å². The van der Waals surface area contributed by atoms with Crippen LogP contribution in [0.1, 0.15) is 5.69 Å². The minimum absolute atomic E-state index is 0.458. The molecule has 3 aromatic rings. The lowest BCUT2D eigenvalue weighted by atomic mass is 10.0. The zero-order valence-corrected chi connectivity index (χ0v) is 10.7. The number of aromatic nitrogens is 2. The Bertz CT molecular complexity index is 682. The molecule has 0 radical (unpaired) electrons. The Balaban J connectivity index is 1.98. The molecule has 0 amide bonds. The highest BCUT2D eigenvalue weighted by molar-refractivity contribution is 5.70. The van der Waals surface area contributed by atoms with Crippen LogP contribution in [-0.2, 0) is 0 Å². The molecule has 0 saturated heterocycles. The number of hydrogen-bond donors (Lipinski definition) is 2. The summed E-state index contributed by atoms with van der Waals surface area (Å²) in [5.74, 6) is 0.458. The molecule has 0 unspecified atom stereocenters. The maximum atomic E-state index is 5.67. The third-order valence-electron chi connectivity index (χ3n) is 3.17. The van der Waals surface area contributed by atoms with Gasteiger partial charge in [-0.1, -0.05) is 54.6 Å². The van der Waals surface area contributed by atoms with Gasteiger partial charge in [-0.3, -0.25) is 0 Å². The van der Waals surface area contributed by atoms with Gasteiger partial charge in [0.15, 0.2) is 5.95 Å². The summed E-state index contributed by atoms with van der Waals surface area (Å²) in [5.41, 5.74) is 11.1. The summed E-state index contributed by atoms with van der Waals surface area (Å²) in [7, 11) is 0. The predicted octanol–water partition coefficient (Wildman–Crippen LogP) is 3.63. The summed E-state index contributed by atoms with van der Waals surface area (Å²) >= 11 is 0. The maximum absolute atomic E-state index is 5.67. The Hall–Kier alpha value is -2.55. The van der Waals surface area contributed by atoms with Crippen molar-refractivity contribution in [1.82, 2.24) is 9.97 Å². The van der Waals surface area contributed by atoms with Crippen LogP contribution in [0.3, 0.4) is 0 Å². The van der Waals surface area contributed by atoms with Gasteiger partial charge < -0.3 is 10.7 Å². The second-order valence-corrected chi connectivity index (χ2v) is 4.54. The van der Waals surface area contributed by atoms with E-state index < -0.39 is 0 Å². The molecule has 0 fully saturated rings. The Labute approximate surface area is 112 Å². The lowest BCUT2D eigenvalue weighted by molar-refractivity contribution is 1.26. The van der Waals surface area contributed by atoms with Crippen LogP contribution in [0.15, 0.2) is 54.6 Å². The first kappa shape index (κ1) is 11.5. The lowest BCUT2D eigenvalue weighted by Gasteiger charge is -2.03. The number of nitrogens with two attached hydrogens (primary N) is 1. The van der Waals surface area contributed by atoms with E-state index in [1.54, 1.807) is 0 Å². The number of anilines is 1. The van der Waals surface area contributed by atoms with Crippen LogP contribution < -0.4 is 5.73 Å². The molecular formula is C16H15N3. The Kier molecular flexibility index (Phi) is 2.80. The summed E-state index contributed by atoms with van der Waals surface area (Å²) in [4.78, 5) is 7.32. The van der Waals surface area contributed by atoms with Crippen molar-refractivity contribution >= 4 is 5.95 Å². The third kappa shape index (κ3) is 2.22. The standard InChI is InChI=1S/C16H15N3/c1-11-15(19-16(17)18-11)14-9-7-13(8-10-14)12-5-3-2-4-6-12/h2-10H,1H3,(H3,17,18,19). The fourth-order valence-electron chi connectivity index (χ4n) is 2.22. The Morgan fingerprint density at radius 2 is 1.42 bits per heavy atom. The topological polar surface area (TPSA) is 54.7 Å². The molecule has 3 N–H and O–H groups in total. The van der Waals surface area contributed by atoms with Crippen LogP contribution in [0.4, 0.5) is 5.95 Å². The fourth-order valence-corrected chi connectivity index (χ4v) is 2.22. The average Bonchev–Trinajstić information content (AvgIpc) is 2.79. The van der Waals surface area contributed by atoms with E-state index in [0.29, 0.717) is 5.95 Å². The number of hydrogen-bond acceptors (Lipinski definition) is 2. The number of nitrogens with one attached hydrogen (secondary N) is 1. The van der Waals surface area contributed by atoms with E-state index in [1.807, 2.05) is 25.1 Å². The number of nitrogen functional groups attached to an aromatic ring is 1. The van der Waals surface area contributed by atoms with E-state index in [1.165, 1.54) is 11.1 Å². The zero-order valence-electron chi connectivity index (χ0n) is 10.7. The molecule has 94 valence electrons. The number of aryl methyl sites for hydroxylation is 1. The molecule has 0 bridgehead atoms. The predicted molar refractivity (Wildman–Crippen MR) is 78.6 cm³/mol. The first-order valence-electron chi connectivity index (χ1n) is 6.22. The molecule has 2 aromatic carbocycles. The van der Waals surface area contributed by atoms with Crippen LogP contribution in [0.5, 0.6) is 0 Å². The van der Waals surface area contributed by atoms with Gasteiger partial charge in [0.1, 0.15) is 0 Å². The van der Waals surface area contributed by atoms with Gasteiger partial charge >= 0.3 is 0 Å². The second-order valence-electron chi connectivity index (χ2n) is 4.54. The van der Waals surface area contributed by atoms with Gasteiger partial charge in [0.05, 0.1) is 5.69 Å². The average molecular weight is 249 g/mol. The highest BCUT2D eigenvalue weighted by Gasteiger charge is 2.07. The molecular weight excluding hydrogens is 234 g/mol. The van der Waals surface area contributed by atoms with Crippen molar-refractivity contribution in [1.29, 1.82) is 0 Å². The van der Waals surface area contributed by atoms with Crippen molar-refractivity contribution in [2.24, 2.45) is 0 Å². The second kappa shape index (κ2) is 4.61. The summed E-state index contributed by atoms with van der Waals surface area (Å²) in [6.07, 6.45) is 0. The van der Waals surface area contributed by atoms with E-state index in [2.05, 4.69) is 46.4 Å². The van der Waals surface area contributed by atoms with E-state index >= 15 is 0 Å². The number of nitrogens with zero attached hydrogens (tertiary/aromatic N) is 1. The first-order valence-corrected chi connectivity index (χ1v) is 6.22. The van der Waals surface area contributed by atoms with Gasteiger partial charge in [-0.05, 0) is 18.1 Å². The van der Waals surface area contributed by atoms with Gasteiger partial charge in [-0.15, -0.1) is 0 Å². The summed E-state index contributed by atoms with van der Waals surface area (Å²) in [6, 6.07) is 18.7. The summed E-state index contributed by atoms with van der Waals surface area (Å²) in [5, 5.41) is 0. The molecule has 0 aliphatic carbocycles. The zero-order chi connectivity index (χ0) is 13.2. The molecule has 0 aliphatic heterocycles. The van der Waals surface area contributed by atoms with Crippen LogP contribution >= 0.6 is 0 Å². The van der Waals surface area contributed by atoms with Crippen molar-refractivity contribution in [3.8, 4) is 22.4 Å². The first-order chi connectivity index (χ1) is 9.24. The van der Waals surface area contributed by atoms with Crippen LogP contribution in [0.25, 0.3) is 22.4 Å². The maximum Gasteiger partial charge on any atom is 0.198 e. The van der Waals surface area contributed by atoms with Crippen LogP contribution in [0, 0.1) is 6.92 Å². The molecule has 3 rings (SSSR count). The number of benzene rings is 2. The smallest absolute Gasteiger partial charge is 0.198 e. The number of aromatic amines is 1. The number of rotatable bonds is 2. The minimum atomic E-state index is 0.458. The van der Waals surface area contributed by atoms with Crippen molar-refractivity contribution in [3.63, 3.8) is 0 Å². The monoisotopic (exact) mass is 249 g/mol. The SMILES string of the molecule is Cc1[nH]c(N)nc1-c1ccc(-c2ccccc2)cc1.